The smallest absolute Gasteiger partial charge is 0.207 e. The quantitative estimate of drug-likeness (QED) is 0.881. The molecule has 2 rings (SSSR count). The van der Waals surface area contributed by atoms with Crippen LogP contribution in [0.3, 0.4) is 0 Å². The van der Waals surface area contributed by atoms with E-state index in [1.165, 1.54) is 24.3 Å². The third kappa shape index (κ3) is 3.07. The molecule has 112 valence electrons. The Bertz CT molecular complexity index is 783. The van der Waals surface area contributed by atoms with Crippen molar-refractivity contribution in [3.05, 3.63) is 53.1 Å². The molecule has 4 nitrogen and oxygen atoms in total. The van der Waals surface area contributed by atoms with Crippen LogP contribution in [0.2, 0.25) is 0 Å². The predicted octanol–water partition coefficient (Wildman–Crippen LogP) is 3.03. The van der Waals surface area contributed by atoms with Gasteiger partial charge in [-0.1, -0.05) is 17.7 Å². The molecule has 0 aliphatic carbocycles. The minimum Gasteiger partial charge on any atom is -0.302 e. The van der Waals surface area contributed by atoms with Crippen molar-refractivity contribution >= 4 is 20.9 Å². The van der Waals surface area contributed by atoms with E-state index in [1.807, 2.05) is 19.1 Å². The van der Waals surface area contributed by atoms with Crippen LogP contribution in [0.1, 0.15) is 16.7 Å². The molecule has 2 aromatic carbocycles. The third-order valence-corrected chi connectivity index (χ3v) is 5.96. The molecule has 0 heterocycles. The number of hydrogen-bond donors (Lipinski definition) is 1. The highest BCUT2D eigenvalue weighted by atomic mass is 32.2. The Labute approximate surface area is 127 Å². The van der Waals surface area contributed by atoms with Crippen molar-refractivity contribution in [3.63, 3.8) is 0 Å². The molecule has 0 bridgehead atoms. The number of sulfone groups is 1. The second-order valence-corrected chi connectivity index (χ2v) is 7.81. The average molecular weight is 324 g/mol. The fourth-order valence-corrected chi connectivity index (χ4v) is 4.51. The van der Waals surface area contributed by atoms with Crippen LogP contribution in [0.15, 0.2) is 51.1 Å². The molecule has 0 saturated carbocycles. The first-order valence-corrected chi connectivity index (χ1v) is 8.86. The molecule has 0 saturated heterocycles. The van der Waals surface area contributed by atoms with Crippen LogP contribution in [0.25, 0.3) is 0 Å². The maximum absolute atomic E-state index is 12.7. The van der Waals surface area contributed by atoms with Crippen LogP contribution >= 0.6 is 0 Å². The monoisotopic (exact) mass is 324 g/mol. The van der Waals surface area contributed by atoms with Crippen molar-refractivity contribution in [1.82, 2.24) is 0 Å². The van der Waals surface area contributed by atoms with Gasteiger partial charge < -0.3 is 4.55 Å². The maximum Gasteiger partial charge on any atom is 0.207 e. The van der Waals surface area contributed by atoms with Gasteiger partial charge in [-0.25, -0.2) is 12.6 Å². The van der Waals surface area contributed by atoms with Gasteiger partial charge in [-0.2, -0.15) is 0 Å². The highest BCUT2D eigenvalue weighted by Gasteiger charge is 2.22. The van der Waals surface area contributed by atoms with Crippen molar-refractivity contribution in [2.75, 3.05) is 0 Å². The highest BCUT2D eigenvalue weighted by molar-refractivity contribution is 7.91. The maximum atomic E-state index is 12.7. The minimum absolute atomic E-state index is 0.117. The largest absolute Gasteiger partial charge is 0.302 e. The summed E-state index contributed by atoms with van der Waals surface area (Å²) in [5.41, 5.74) is 2.40. The summed E-state index contributed by atoms with van der Waals surface area (Å²) >= 11 is -2.12. The topological polar surface area (TPSA) is 71.4 Å². The molecule has 2 aromatic rings. The summed E-state index contributed by atoms with van der Waals surface area (Å²) in [6, 6.07) is 9.08. The molecule has 1 N–H and O–H groups in total. The van der Waals surface area contributed by atoms with Gasteiger partial charge in [0, 0.05) is 0 Å². The van der Waals surface area contributed by atoms with E-state index in [1.54, 1.807) is 13.8 Å². The SMILES string of the molecule is Cc1cc(C)c(S(=O)(=O)c2ccc(S(=O)O)cc2)c(C)c1. The van der Waals surface area contributed by atoms with Crippen LogP contribution in [0.4, 0.5) is 0 Å². The van der Waals surface area contributed by atoms with Crippen LogP contribution in [-0.2, 0) is 20.9 Å². The highest BCUT2D eigenvalue weighted by Crippen LogP contribution is 2.28. The van der Waals surface area contributed by atoms with Crippen molar-refractivity contribution in [1.29, 1.82) is 0 Å². The molecule has 0 aliphatic rings. The Morgan fingerprint density at radius 1 is 0.952 bits per heavy atom. The summed E-state index contributed by atoms with van der Waals surface area (Å²) < 4.78 is 45.4. The van der Waals surface area contributed by atoms with Gasteiger partial charge in [-0.05, 0) is 56.2 Å². The summed E-state index contributed by atoms with van der Waals surface area (Å²) in [5.74, 6) is 0. The summed E-state index contributed by atoms with van der Waals surface area (Å²) in [4.78, 5) is 0.587. The van der Waals surface area contributed by atoms with Crippen LogP contribution < -0.4 is 0 Å². The standard InChI is InChI=1S/C15H16O4S2/c1-10-8-11(2)15(12(3)9-10)21(18,19)14-6-4-13(5-7-14)20(16)17/h4-9H,1-3H3,(H,16,17). The Kier molecular flexibility index (Phi) is 4.32. The first kappa shape index (κ1) is 15.9. The zero-order valence-corrected chi connectivity index (χ0v) is 13.6. The molecule has 0 radical (unpaired) electrons. The average Bonchev–Trinajstić information content (AvgIpc) is 2.37. The van der Waals surface area contributed by atoms with Gasteiger partial charge in [0.2, 0.25) is 9.84 Å². The van der Waals surface area contributed by atoms with E-state index in [4.69, 9.17) is 4.55 Å². The van der Waals surface area contributed by atoms with E-state index in [9.17, 15) is 12.6 Å². The Hall–Kier alpha value is -1.50. The van der Waals surface area contributed by atoms with E-state index in [0.717, 1.165) is 5.56 Å². The lowest BCUT2D eigenvalue weighted by atomic mass is 10.1. The fourth-order valence-electron chi connectivity index (χ4n) is 2.44. The first-order valence-electron chi connectivity index (χ1n) is 6.27. The number of aryl methyl sites for hydroxylation is 3. The molecule has 0 spiro atoms. The zero-order valence-electron chi connectivity index (χ0n) is 12.0. The second kappa shape index (κ2) is 5.71. The van der Waals surface area contributed by atoms with Gasteiger partial charge in [0.05, 0.1) is 14.7 Å². The van der Waals surface area contributed by atoms with Crippen LogP contribution in [0, 0.1) is 20.8 Å². The number of rotatable bonds is 3. The van der Waals surface area contributed by atoms with Gasteiger partial charge >= 0.3 is 0 Å². The van der Waals surface area contributed by atoms with Gasteiger partial charge in [0.15, 0.2) is 11.1 Å². The lowest BCUT2D eigenvalue weighted by Crippen LogP contribution is -2.07. The summed E-state index contributed by atoms with van der Waals surface area (Å²) in [6.45, 7) is 5.45. The van der Waals surface area contributed by atoms with Gasteiger partial charge in [-0.15, -0.1) is 0 Å². The molecule has 21 heavy (non-hydrogen) atoms. The third-order valence-electron chi connectivity index (χ3n) is 3.21. The number of benzene rings is 2. The lowest BCUT2D eigenvalue weighted by molar-refractivity contribution is 0.564. The van der Waals surface area contributed by atoms with E-state index < -0.39 is 20.9 Å². The Morgan fingerprint density at radius 3 is 1.86 bits per heavy atom. The van der Waals surface area contributed by atoms with Crippen molar-refractivity contribution in [3.8, 4) is 0 Å². The zero-order chi connectivity index (χ0) is 15.8. The van der Waals surface area contributed by atoms with E-state index >= 15 is 0 Å². The fraction of sp³-hybridized carbons (Fsp3) is 0.200. The van der Waals surface area contributed by atoms with E-state index in [-0.39, 0.29) is 9.79 Å². The van der Waals surface area contributed by atoms with Crippen LogP contribution in [-0.4, -0.2) is 17.2 Å². The second-order valence-electron chi connectivity index (χ2n) is 4.95. The Balaban J connectivity index is 2.60. The molecule has 0 aromatic heterocycles. The van der Waals surface area contributed by atoms with Gasteiger partial charge in [0.1, 0.15) is 0 Å². The molecule has 6 heteroatoms. The van der Waals surface area contributed by atoms with Crippen molar-refractivity contribution < 1.29 is 17.2 Å². The lowest BCUT2D eigenvalue weighted by Gasteiger charge is -2.12. The molecular formula is C15H16O4S2. The minimum atomic E-state index is -3.64. The van der Waals surface area contributed by atoms with E-state index in [2.05, 4.69) is 0 Å². The van der Waals surface area contributed by atoms with Gasteiger partial charge in [-0.3, -0.25) is 0 Å². The van der Waals surface area contributed by atoms with Crippen LogP contribution in [0.5, 0.6) is 0 Å². The normalized spacial score (nSPS) is 13.1. The predicted molar refractivity (Wildman–Crippen MR) is 81.6 cm³/mol. The molecule has 0 fully saturated rings. The molecule has 1 unspecified atom stereocenters. The molecule has 1 atom stereocenters. The molecular weight excluding hydrogens is 308 g/mol. The van der Waals surface area contributed by atoms with E-state index in [0.29, 0.717) is 16.0 Å². The van der Waals surface area contributed by atoms with Crippen molar-refractivity contribution in [2.24, 2.45) is 0 Å². The summed E-state index contributed by atoms with van der Waals surface area (Å²) in [5, 5.41) is 0. The molecule has 0 aliphatic heterocycles. The van der Waals surface area contributed by atoms with Gasteiger partial charge in [0.25, 0.3) is 0 Å². The molecule has 0 amide bonds. The van der Waals surface area contributed by atoms with Crippen molar-refractivity contribution in [2.45, 2.75) is 35.5 Å². The number of hydrogen-bond acceptors (Lipinski definition) is 3. The first-order chi connectivity index (χ1) is 9.73. The Morgan fingerprint density at radius 2 is 1.43 bits per heavy atom. The summed E-state index contributed by atoms with van der Waals surface area (Å²) in [6.07, 6.45) is 0. The summed E-state index contributed by atoms with van der Waals surface area (Å²) in [7, 11) is -3.64.